The first-order valence-electron chi connectivity index (χ1n) is 9.51. The molecule has 0 saturated heterocycles. The molecule has 5 rings (SSSR count). The third-order valence-electron chi connectivity index (χ3n) is 5.60. The normalized spacial score (nSPS) is 19.9. The molecule has 0 aromatic heterocycles. The van der Waals surface area contributed by atoms with Crippen LogP contribution in [0.2, 0.25) is 0 Å². The maximum absolute atomic E-state index is 12.7. The van der Waals surface area contributed by atoms with E-state index in [9.17, 15) is 14.7 Å². The topological polar surface area (TPSA) is 70.0 Å². The Hall–Kier alpha value is -3.57. The Labute approximate surface area is 167 Å². The number of rotatable bonds is 4. The molecule has 2 aliphatic heterocycles. The van der Waals surface area contributed by atoms with Crippen molar-refractivity contribution in [1.29, 1.82) is 0 Å². The van der Waals surface area contributed by atoms with Gasteiger partial charge in [0, 0.05) is 18.5 Å². The molecule has 0 fully saturated rings. The number of amides is 2. The summed E-state index contributed by atoms with van der Waals surface area (Å²) in [6, 6.07) is 23.7. The van der Waals surface area contributed by atoms with Crippen LogP contribution in [0.4, 0.5) is 5.69 Å². The van der Waals surface area contributed by atoms with Crippen molar-refractivity contribution in [3.8, 4) is 0 Å². The summed E-state index contributed by atoms with van der Waals surface area (Å²) in [5.41, 5.74) is 2.19. The number of hydrogen-bond acceptors (Lipinski definition) is 4. The van der Waals surface area contributed by atoms with E-state index in [0.717, 1.165) is 5.56 Å². The molecular weight excluding hydrogens is 364 g/mol. The average Bonchev–Trinajstić information content (AvgIpc) is 3.19. The fourth-order valence-electron chi connectivity index (χ4n) is 4.13. The minimum Gasteiger partial charge on any atom is -0.379 e. The van der Waals surface area contributed by atoms with Gasteiger partial charge < -0.3 is 5.11 Å². The smallest absolute Gasteiger partial charge is 0.261 e. The van der Waals surface area contributed by atoms with Gasteiger partial charge in [-0.25, -0.2) is 4.99 Å². The zero-order chi connectivity index (χ0) is 20.0. The van der Waals surface area contributed by atoms with Gasteiger partial charge in [0.25, 0.3) is 11.8 Å². The molecule has 0 saturated carbocycles. The lowest BCUT2D eigenvalue weighted by Crippen LogP contribution is -2.40. The molecule has 1 N–H and O–H groups in total. The second kappa shape index (κ2) is 6.50. The highest BCUT2D eigenvalue weighted by molar-refractivity contribution is 6.21. The van der Waals surface area contributed by atoms with Crippen LogP contribution < -0.4 is 0 Å². The lowest BCUT2D eigenvalue weighted by molar-refractivity contribution is 0.0571. The van der Waals surface area contributed by atoms with Gasteiger partial charge in [-0.2, -0.15) is 0 Å². The molecule has 5 heteroatoms. The Morgan fingerprint density at radius 3 is 2.07 bits per heavy atom. The van der Waals surface area contributed by atoms with Crippen molar-refractivity contribution < 1.29 is 14.7 Å². The summed E-state index contributed by atoms with van der Waals surface area (Å²) < 4.78 is 0. The van der Waals surface area contributed by atoms with E-state index in [0.29, 0.717) is 28.1 Å². The summed E-state index contributed by atoms with van der Waals surface area (Å²) in [5.74, 6) is -0.641. The van der Waals surface area contributed by atoms with Crippen LogP contribution >= 0.6 is 0 Å². The van der Waals surface area contributed by atoms with Crippen LogP contribution in [0.1, 0.15) is 38.3 Å². The van der Waals surface area contributed by atoms with E-state index in [1.165, 1.54) is 4.90 Å². The Balaban J connectivity index is 1.49. The summed E-state index contributed by atoms with van der Waals surface area (Å²) >= 11 is 0. The number of carbonyl (C=O) groups is 2. The van der Waals surface area contributed by atoms with Crippen LogP contribution in [0.15, 0.2) is 83.9 Å². The molecule has 0 bridgehead atoms. The van der Waals surface area contributed by atoms with Gasteiger partial charge in [0.1, 0.15) is 5.60 Å². The second-order valence-corrected chi connectivity index (χ2v) is 7.26. The van der Waals surface area contributed by atoms with Crippen LogP contribution in [-0.2, 0) is 5.60 Å². The molecule has 2 aliphatic rings. The van der Waals surface area contributed by atoms with Crippen molar-refractivity contribution in [1.82, 2.24) is 4.90 Å². The summed E-state index contributed by atoms with van der Waals surface area (Å²) in [5, 5.41) is 11.7. The van der Waals surface area contributed by atoms with E-state index < -0.39 is 5.60 Å². The van der Waals surface area contributed by atoms with Gasteiger partial charge in [-0.05, 0) is 23.8 Å². The minimum atomic E-state index is -1.38. The van der Waals surface area contributed by atoms with Crippen molar-refractivity contribution in [3.63, 3.8) is 0 Å². The second-order valence-electron chi connectivity index (χ2n) is 7.26. The molecule has 5 nitrogen and oxygen atoms in total. The predicted octanol–water partition coefficient (Wildman–Crippen LogP) is 3.69. The number of hydrogen-bond donors (Lipinski definition) is 1. The van der Waals surface area contributed by atoms with Crippen LogP contribution in [0.25, 0.3) is 0 Å². The highest BCUT2D eigenvalue weighted by Gasteiger charge is 2.44. The molecule has 1 atom stereocenters. The third kappa shape index (κ3) is 2.62. The van der Waals surface area contributed by atoms with Crippen LogP contribution in [-0.4, -0.2) is 34.1 Å². The zero-order valence-electron chi connectivity index (χ0n) is 15.6. The quantitative estimate of drug-likeness (QED) is 0.700. The van der Waals surface area contributed by atoms with E-state index in [4.69, 9.17) is 0 Å². The van der Waals surface area contributed by atoms with Crippen LogP contribution in [0.5, 0.6) is 0 Å². The van der Waals surface area contributed by atoms with Gasteiger partial charge in [-0.3, -0.25) is 14.5 Å². The van der Waals surface area contributed by atoms with Crippen molar-refractivity contribution in [2.45, 2.75) is 12.0 Å². The number of fused-ring (bicyclic) bond motifs is 2. The first-order chi connectivity index (χ1) is 14.1. The van der Waals surface area contributed by atoms with Crippen LogP contribution in [0, 0.1) is 0 Å². The van der Waals surface area contributed by atoms with Gasteiger partial charge in [0.05, 0.1) is 22.5 Å². The maximum atomic E-state index is 12.7. The predicted molar refractivity (Wildman–Crippen MR) is 109 cm³/mol. The number of imide groups is 1. The zero-order valence-corrected chi connectivity index (χ0v) is 15.6. The number of aliphatic imine (C=N–C) groups is 1. The Morgan fingerprint density at radius 2 is 1.38 bits per heavy atom. The first-order valence-corrected chi connectivity index (χ1v) is 9.51. The molecule has 29 heavy (non-hydrogen) atoms. The molecule has 0 spiro atoms. The standard InChI is InChI=1S/C24H18N2O3/c27-22-17-10-4-5-11-18(17)23(28)26(22)15-14-24(29)19-12-6-7-13-20(19)25-21(24)16-8-2-1-3-9-16/h1-13,29H,14-15H2/t24-/m1/s1. The summed E-state index contributed by atoms with van der Waals surface area (Å²) in [6.07, 6.45) is 0.170. The Kier molecular flexibility index (Phi) is 3.93. The maximum Gasteiger partial charge on any atom is 0.261 e. The SMILES string of the molecule is O=C1c2ccccc2C(=O)N1CC[C@]1(O)C(c2ccccc2)=Nc2ccccc21. The van der Waals surface area contributed by atoms with E-state index in [1.54, 1.807) is 24.3 Å². The molecule has 2 amide bonds. The number of carbonyl (C=O) groups excluding carboxylic acids is 2. The fourth-order valence-corrected chi connectivity index (χ4v) is 4.13. The Morgan fingerprint density at radius 1 is 0.793 bits per heavy atom. The van der Waals surface area contributed by atoms with Crippen molar-refractivity contribution >= 4 is 23.2 Å². The molecule has 0 unspecified atom stereocenters. The van der Waals surface area contributed by atoms with Gasteiger partial charge in [-0.15, -0.1) is 0 Å². The molecule has 2 heterocycles. The van der Waals surface area contributed by atoms with Crippen LogP contribution in [0.3, 0.4) is 0 Å². The van der Waals surface area contributed by atoms with E-state index in [2.05, 4.69) is 4.99 Å². The van der Waals surface area contributed by atoms with Gasteiger partial charge in [0.15, 0.2) is 0 Å². The molecule has 3 aromatic carbocycles. The fraction of sp³-hybridized carbons (Fsp3) is 0.125. The highest BCUT2D eigenvalue weighted by atomic mass is 16.3. The monoisotopic (exact) mass is 382 g/mol. The van der Waals surface area contributed by atoms with E-state index in [-0.39, 0.29) is 24.8 Å². The van der Waals surface area contributed by atoms with E-state index >= 15 is 0 Å². The van der Waals surface area contributed by atoms with Crippen molar-refractivity contribution in [2.75, 3.05) is 6.54 Å². The number of aliphatic hydroxyl groups is 1. The largest absolute Gasteiger partial charge is 0.379 e. The molecule has 3 aromatic rings. The lowest BCUT2D eigenvalue weighted by Gasteiger charge is -2.28. The molecule has 0 aliphatic carbocycles. The summed E-state index contributed by atoms with van der Waals surface area (Å²) in [7, 11) is 0. The van der Waals surface area contributed by atoms with Crippen molar-refractivity contribution in [3.05, 3.63) is 101 Å². The van der Waals surface area contributed by atoms with Gasteiger partial charge in [0.2, 0.25) is 0 Å². The van der Waals surface area contributed by atoms with Gasteiger partial charge in [-0.1, -0.05) is 60.7 Å². The number of nitrogens with zero attached hydrogens (tertiary/aromatic N) is 2. The van der Waals surface area contributed by atoms with Crippen molar-refractivity contribution in [2.24, 2.45) is 4.99 Å². The number of benzene rings is 3. The van der Waals surface area contributed by atoms with Gasteiger partial charge >= 0.3 is 0 Å². The summed E-state index contributed by atoms with van der Waals surface area (Å²) in [4.78, 5) is 31.3. The first kappa shape index (κ1) is 17.5. The lowest BCUT2D eigenvalue weighted by atomic mass is 9.84. The third-order valence-corrected chi connectivity index (χ3v) is 5.60. The van der Waals surface area contributed by atoms with E-state index in [1.807, 2.05) is 54.6 Å². The molecule has 142 valence electrons. The minimum absolute atomic E-state index is 0.100. The molecular formula is C24H18N2O3. The summed E-state index contributed by atoms with van der Waals surface area (Å²) in [6.45, 7) is 0.100. The highest BCUT2D eigenvalue weighted by Crippen LogP contribution is 2.43. The average molecular weight is 382 g/mol. The molecule has 0 radical (unpaired) electrons. The number of para-hydroxylation sites is 1. The Bertz CT molecular complexity index is 1130.